The lowest BCUT2D eigenvalue weighted by atomic mass is 9.90. The van der Waals surface area contributed by atoms with Crippen molar-refractivity contribution in [2.75, 3.05) is 11.9 Å². The molecule has 1 amide bonds. The molecule has 0 saturated carbocycles. The Morgan fingerprint density at radius 2 is 2.05 bits per heavy atom. The van der Waals surface area contributed by atoms with Gasteiger partial charge in [-0.2, -0.15) is 0 Å². The highest BCUT2D eigenvalue weighted by Gasteiger charge is 2.34. The molecule has 1 heterocycles. The molecule has 1 aliphatic rings. The molecule has 1 saturated heterocycles. The van der Waals surface area contributed by atoms with Crippen molar-refractivity contribution >= 4 is 29.8 Å². The van der Waals surface area contributed by atoms with Gasteiger partial charge in [-0.05, 0) is 51.8 Å². The number of Topliss-reactive ketones (excluding diaryl/α,β-unsaturated/α-hetero) is 1. The average molecular weight is 297 g/mol. The molecule has 0 aliphatic carbocycles. The van der Waals surface area contributed by atoms with E-state index >= 15 is 0 Å². The molecule has 0 spiro atoms. The number of anilines is 1. The second-order valence-corrected chi connectivity index (χ2v) is 5.31. The van der Waals surface area contributed by atoms with E-state index in [1.807, 2.05) is 6.92 Å². The zero-order chi connectivity index (χ0) is 13.9. The summed E-state index contributed by atoms with van der Waals surface area (Å²) in [5.74, 6) is -0.0361. The first-order chi connectivity index (χ1) is 9.01. The van der Waals surface area contributed by atoms with E-state index in [1.54, 1.807) is 24.3 Å². The minimum absolute atomic E-state index is 0. The van der Waals surface area contributed by atoms with Crippen molar-refractivity contribution in [3.8, 4) is 0 Å². The van der Waals surface area contributed by atoms with Crippen LogP contribution in [-0.4, -0.2) is 23.8 Å². The number of hydrogen-bond donors (Lipinski definition) is 2. The fourth-order valence-corrected chi connectivity index (χ4v) is 2.34. The molecule has 5 heteroatoms. The molecule has 1 fully saturated rings. The first kappa shape index (κ1) is 16.7. The van der Waals surface area contributed by atoms with E-state index in [1.165, 1.54) is 6.92 Å². The van der Waals surface area contributed by atoms with Gasteiger partial charge in [-0.25, -0.2) is 0 Å². The Labute approximate surface area is 125 Å². The zero-order valence-corrected chi connectivity index (χ0v) is 12.7. The zero-order valence-electron chi connectivity index (χ0n) is 11.9. The van der Waals surface area contributed by atoms with E-state index < -0.39 is 5.54 Å². The van der Waals surface area contributed by atoms with Gasteiger partial charge in [0.15, 0.2) is 5.78 Å². The molecule has 1 aromatic carbocycles. The van der Waals surface area contributed by atoms with Gasteiger partial charge in [0.1, 0.15) is 0 Å². The average Bonchev–Trinajstić information content (AvgIpc) is 2.40. The lowest BCUT2D eigenvalue weighted by Gasteiger charge is -2.33. The largest absolute Gasteiger partial charge is 0.324 e. The van der Waals surface area contributed by atoms with Gasteiger partial charge in [-0.15, -0.1) is 12.4 Å². The van der Waals surface area contributed by atoms with E-state index in [4.69, 9.17) is 0 Å². The van der Waals surface area contributed by atoms with Crippen LogP contribution in [0, 0.1) is 0 Å². The Bertz CT molecular complexity index is 496. The SMILES string of the molecule is CC(=O)c1cccc(NC(=O)C2(C)CCCCN2)c1.Cl. The van der Waals surface area contributed by atoms with Gasteiger partial charge in [0.25, 0.3) is 0 Å². The fraction of sp³-hybridized carbons (Fsp3) is 0.467. The summed E-state index contributed by atoms with van der Waals surface area (Å²) in [4.78, 5) is 23.6. The van der Waals surface area contributed by atoms with E-state index in [0.717, 1.165) is 25.8 Å². The van der Waals surface area contributed by atoms with Crippen LogP contribution in [0.4, 0.5) is 5.69 Å². The molecule has 4 nitrogen and oxygen atoms in total. The molecule has 0 radical (unpaired) electrons. The number of nitrogens with one attached hydrogen (secondary N) is 2. The summed E-state index contributed by atoms with van der Waals surface area (Å²) in [5, 5.41) is 6.17. The van der Waals surface area contributed by atoms with Gasteiger partial charge in [0, 0.05) is 11.3 Å². The molecule has 2 N–H and O–H groups in total. The molecular weight excluding hydrogens is 276 g/mol. The van der Waals surface area contributed by atoms with E-state index in [-0.39, 0.29) is 24.1 Å². The molecule has 0 bridgehead atoms. The monoisotopic (exact) mass is 296 g/mol. The number of rotatable bonds is 3. The van der Waals surface area contributed by atoms with Crippen molar-refractivity contribution < 1.29 is 9.59 Å². The Balaban J connectivity index is 0.00000200. The van der Waals surface area contributed by atoms with Crippen molar-refractivity contribution in [2.24, 2.45) is 0 Å². The summed E-state index contributed by atoms with van der Waals surface area (Å²) in [6.45, 7) is 4.32. The van der Waals surface area contributed by atoms with Gasteiger partial charge in [0.2, 0.25) is 5.91 Å². The second kappa shape index (κ2) is 6.86. The molecule has 2 rings (SSSR count). The number of carbonyl (C=O) groups excluding carboxylic acids is 2. The Morgan fingerprint density at radius 3 is 2.65 bits per heavy atom. The minimum Gasteiger partial charge on any atom is -0.324 e. The van der Waals surface area contributed by atoms with E-state index in [0.29, 0.717) is 11.3 Å². The maximum atomic E-state index is 12.3. The van der Waals surface area contributed by atoms with Gasteiger partial charge in [-0.3, -0.25) is 9.59 Å². The third kappa shape index (κ3) is 3.81. The maximum absolute atomic E-state index is 12.3. The predicted octanol–water partition coefficient (Wildman–Crippen LogP) is 2.78. The predicted molar refractivity (Wildman–Crippen MR) is 82.6 cm³/mol. The molecule has 20 heavy (non-hydrogen) atoms. The van der Waals surface area contributed by atoms with E-state index in [2.05, 4.69) is 10.6 Å². The number of ketones is 1. The van der Waals surface area contributed by atoms with Crippen molar-refractivity contribution in [3.05, 3.63) is 29.8 Å². The van der Waals surface area contributed by atoms with Crippen molar-refractivity contribution in [3.63, 3.8) is 0 Å². The van der Waals surface area contributed by atoms with Crippen LogP contribution >= 0.6 is 12.4 Å². The molecule has 1 aliphatic heterocycles. The number of benzene rings is 1. The Kier molecular flexibility index (Phi) is 5.72. The van der Waals surface area contributed by atoms with Crippen LogP contribution in [0.1, 0.15) is 43.5 Å². The smallest absolute Gasteiger partial charge is 0.244 e. The molecule has 110 valence electrons. The van der Waals surface area contributed by atoms with Crippen molar-refractivity contribution in [1.29, 1.82) is 0 Å². The highest BCUT2D eigenvalue weighted by Crippen LogP contribution is 2.21. The lowest BCUT2D eigenvalue weighted by molar-refractivity contribution is -0.122. The number of amides is 1. The summed E-state index contributed by atoms with van der Waals surface area (Å²) >= 11 is 0. The van der Waals surface area contributed by atoms with Crippen LogP contribution < -0.4 is 10.6 Å². The topological polar surface area (TPSA) is 58.2 Å². The molecule has 0 aromatic heterocycles. The highest BCUT2D eigenvalue weighted by molar-refractivity contribution is 6.00. The molecule has 1 aromatic rings. The van der Waals surface area contributed by atoms with Gasteiger partial charge in [-0.1, -0.05) is 12.1 Å². The number of hydrogen-bond acceptors (Lipinski definition) is 3. The lowest BCUT2D eigenvalue weighted by Crippen LogP contribution is -2.54. The first-order valence-electron chi connectivity index (χ1n) is 6.69. The van der Waals surface area contributed by atoms with E-state index in [9.17, 15) is 9.59 Å². The fourth-order valence-electron chi connectivity index (χ4n) is 2.34. The van der Waals surface area contributed by atoms with Crippen LogP contribution in [0.3, 0.4) is 0 Å². The van der Waals surface area contributed by atoms with Crippen LogP contribution in [-0.2, 0) is 4.79 Å². The first-order valence-corrected chi connectivity index (χ1v) is 6.69. The van der Waals surface area contributed by atoms with Gasteiger partial charge >= 0.3 is 0 Å². The van der Waals surface area contributed by atoms with Crippen LogP contribution in [0.15, 0.2) is 24.3 Å². The van der Waals surface area contributed by atoms with Gasteiger partial charge < -0.3 is 10.6 Å². The molecule has 1 atom stereocenters. The summed E-state index contributed by atoms with van der Waals surface area (Å²) in [7, 11) is 0. The normalized spacial score (nSPS) is 21.7. The number of halogens is 1. The summed E-state index contributed by atoms with van der Waals surface area (Å²) < 4.78 is 0. The summed E-state index contributed by atoms with van der Waals surface area (Å²) in [6.07, 6.45) is 3.01. The molecular formula is C15H21ClN2O2. The van der Waals surface area contributed by atoms with Crippen molar-refractivity contribution in [2.45, 2.75) is 38.6 Å². The highest BCUT2D eigenvalue weighted by atomic mass is 35.5. The third-order valence-corrected chi connectivity index (χ3v) is 3.65. The standard InChI is InChI=1S/C15H20N2O2.ClH/c1-11(18)12-6-5-7-13(10-12)17-14(19)15(2)8-3-4-9-16-15;/h5-7,10,16H,3-4,8-9H2,1-2H3,(H,17,19);1H. The number of carbonyl (C=O) groups is 2. The Hall–Kier alpha value is -1.39. The quantitative estimate of drug-likeness (QED) is 0.843. The van der Waals surface area contributed by atoms with Gasteiger partial charge in [0.05, 0.1) is 5.54 Å². The summed E-state index contributed by atoms with van der Waals surface area (Å²) in [5.41, 5.74) is 0.774. The maximum Gasteiger partial charge on any atom is 0.244 e. The minimum atomic E-state index is -0.509. The third-order valence-electron chi connectivity index (χ3n) is 3.65. The summed E-state index contributed by atoms with van der Waals surface area (Å²) in [6, 6.07) is 7.05. The van der Waals surface area contributed by atoms with Crippen LogP contribution in [0.25, 0.3) is 0 Å². The van der Waals surface area contributed by atoms with Crippen LogP contribution in [0.5, 0.6) is 0 Å². The number of piperidine rings is 1. The van der Waals surface area contributed by atoms with Crippen molar-refractivity contribution in [1.82, 2.24) is 5.32 Å². The second-order valence-electron chi connectivity index (χ2n) is 5.31. The van der Waals surface area contributed by atoms with Crippen LogP contribution in [0.2, 0.25) is 0 Å². The Morgan fingerprint density at radius 1 is 1.30 bits per heavy atom. The molecule has 1 unspecified atom stereocenters.